The lowest BCUT2D eigenvalue weighted by molar-refractivity contribution is -0.235. The first kappa shape index (κ1) is 31.7. The Labute approximate surface area is 199 Å². The molecule has 0 aromatic rings. The van der Waals surface area contributed by atoms with Crippen LogP contribution in [0.25, 0.3) is 0 Å². The molecular weight excluding hydrogens is 570 g/mol. The van der Waals surface area contributed by atoms with E-state index in [-0.39, 0.29) is 0 Å². The minimum absolute atomic E-state index is 1.07. The molecule has 19 nitrogen and oxygen atoms in total. The predicted molar refractivity (Wildman–Crippen MR) is 103 cm³/mol. The van der Waals surface area contributed by atoms with E-state index in [0.29, 0.717) is 0 Å². The molecule has 2 rings (SSSR count). The first-order valence-corrected chi connectivity index (χ1v) is 14.9. The van der Waals surface area contributed by atoms with E-state index in [1.807, 2.05) is 0 Å². The van der Waals surface area contributed by atoms with Gasteiger partial charge in [-0.05, 0) is 0 Å². The van der Waals surface area contributed by atoms with E-state index in [2.05, 4.69) is 22.0 Å². The molecule has 0 bridgehead atoms. The summed E-state index contributed by atoms with van der Waals surface area (Å²) >= 11 is 0. The maximum atomic E-state index is 11.8. The molecule has 35 heavy (non-hydrogen) atoms. The third-order valence-electron chi connectivity index (χ3n) is 4.21. The van der Waals surface area contributed by atoms with Crippen LogP contribution in [0, 0.1) is 0 Å². The van der Waals surface area contributed by atoms with Crippen LogP contribution in [0.2, 0.25) is 0 Å². The smallest absolute Gasteiger partial charge is 0.478 e. The minimum atomic E-state index is -6.36. The fourth-order valence-electron chi connectivity index (χ4n) is 2.62. The highest BCUT2D eigenvalue weighted by Gasteiger charge is 2.43. The van der Waals surface area contributed by atoms with Crippen LogP contribution in [-0.4, -0.2) is 108 Å². The summed E-state index contributed by atoms with van der Waals surface area (Å²) in [5.74, 6) is 0. The van der Waals surface area contributed by atoms with Gasteiger partial charge < -0.3 is 49.5 Å². The Morgan fingerprint density at radius 3 is 1.23 bits per heavy atom. The molecule has 0 saturated carbocycles. The van der Waals surface area contributed by atoms with Gasteiger partial charge in [-0.2, -0.15) is 0 Å². The van der Waals surface area contributed by atoms with Crippen molar-refractivity contribution >= 4 is 47.0 Å². The number of phosphoric acid groups is 4. The van der Waals surface area contributed by atoms with Crippen LogP contribution < -0.4 is 9.79 Å². The largest absolute Gasteiger partial charge is 0.756 e. The minimum Gasteiger partial charge on any atom is -0.756 e. The van der Waals surface area contributed by atoms with E-state index in [1.165, 1.54) is 0 Å². The third-order valence-corrected chi connectivity index (χ3v) is 10.0. The summed E-state index contributed by atoms with van der Waals surface area (Å²) in [5, 5.41) is 38.0. The summed E-state index contributed by atoms with van der Waals surface area (Å²) in [4.78, 5) is 42.2. The van der Waals surface area contributed by atoms with Gasteiger partial charge in [0.15, 0.2) is 0 Å². The van der Waals surface area contributed by atoms with Gasteiger partial charge in [0.2, 0.25) is 0 Å². The maximum Gasteiger partial charge on any atom is 0.478 e. The normalized spacial score (nSPS) is 40.5. The van der Waals surface area contributed by atoms with Crippen molar-refractivity contribution in [2.24, 2.45) is 0 Å². The average Bonchev–Trinajstić information content (AvgIpc) is 3.06. The summed E-state index contributed by atoms with van der Waals surface area (Å²) < 4.78 is 75.4. The molecule has 0 spiro atoms. The Balaban J connectivity index is 1.89. The van der Waals surface area contributed by atoms with Gasteiger partial charge in [0.1, 0.15) is 40.1 Å². The lowest BCUT2D eigenvalue weighted by Crippen LogP contribution is -2.34. The van der Waals surface area contributed by atoms with E-state index in [0.717, 1.165) is 0 Å². The number of hydrogen-bond donors (Lipinski definition) is 6. The fourth-order valence-corrected chi connectivity index (χ4v) is 7.44. The molecule has 2 heterocycles. The molecule has 0 aliphatic carbocycles. The maximum absolute atomic E-state index is 11.8. The summed E-state index contributed by atoms with van der Waals surface area (Å²) in [5.41, 5.74) is 0. The molecule has 12 atom stereocenters. The van der Waals surface area contributed by atoms with E-state index in [9.17, 15) is 58.3 Å². The zero-order valence-corrected chi connectivity index (χ0v) is 20.5. The third kappa shape index (κ3) is 9.30. The molecule has 4 radical (unpaired) electrons. The number of rotatable bonds is 12. The second kappa shape index (κ2) is 11.7. The van der Waals surface area contributed by atoms with Crippen molar-refractivity contribution < 1.29 is 89.7 Å². The van der Waals surface area contributed by atoms with E-state index < -0.39 is 93.1 Å². The number of hydrogen-bond acceptors (Lipinski definition) is 17. The molecule has 2 aliphatic rings. The lowest BCUT2D eigenvalue weighted by Gasteiger charge is -2.31. The number of aliphatic hydroxyl groups is 4. The average molecular weight is 588 g/mol. The van der Waals surface area contributed by atoms with E-state index in [4.69, 9.17) is 25.2 Å². The van der Waals surface area contributed by atoms with E-state index in [1.54, 1.807) is 0 Å². The highest BCUT2D eigenvalue weighted by molar-refractivity contribution is 7.68. The van der Waals surface area contributed by atoms with Crippen molar-refractivity contribution in [1.29, 1.82) is 0 Å². The van der Waals surface area contributed by atoms with Crippen LogP contribution in [0.5, 0.6) is 0 Å². The fraction of sp³-hybridized carbons (Fsp3) is 1.00. The monoisotopic (exact) mass is 588 g/mol. The Hall–Kier alpha value is 0.450. The first-order valence-electron chi connectivity index (χ1n) is 8.99. The SMILES string of the molecule is [B][C@@H]1O[C@H](COP(=O)(O)OP(=O)([O-])OP(=O)([O-])OP(=O)(O)OC[C@H]2O[C@@H]([B])C(O)[C@H]2O)C(O)C1O. The molecule has 6 N–H and O–H groups in total. The number of phosphoric ester groups is 2. The van der Waals surface area contributed by atoms with Gasteiger partial charge in [-0.15, -0.1) is 0 Å². The Morgan fingerprint density at radius 2 is 0.971 bits per heavy atom. The van der Waals surface area contributed by atoms with Gasteiger partial charge in [0.05, 0.1) is 25.4 Å². The van der Waals surface area contributed by atoms with E-state index >= 15 is 0 Å². The van der Waals surface area contributed by atoms with Gasteiger partial charge in [0.25, 0.3) is 15.6 Å². The highest BCUT2D eigenvalue weighted by atomic mass is 31.3. The Kier molecular flexibility index (Phi) is 10.6. The molecule has 2 saturated heterocycles. The molecule has 7 unspecified atom stereocenters. The van der Waals surface area contributed by atoms with Crippen LogP contribution in [0.15, 0.2) is 0 Å². The van der Waals surface area contributed by atoms with Gasteiger partial charge in [-0.3, -0.25) is 18.2 Å². The van der Waals surface area contributed by atoms with Crippen LogP contribution in [0.4, 0.5) is 0 Å². The molecule has 2 fully saturated rings. The van der Waals surface area contributed by atoms with Crippen molar-refractivity contribution in [3.63, 3.8) is 0 Å². The zero-order chi connectivity index (χ0) is 27.0. The second-order valence-corrected chi connectivity index (χ2v) is 13.0. The topological polar surface area (TPSA) is 300 Å². The van der Waals surface area contributed by atoms with Gasteiger partial charge in [-0.25, -0.2) is 22.1 Å². The van der Waals surface area contributed by atoms with Crippen LogP contribution >= 0.6 is 31.3 Å². The van der Waals surface area contributed by atoms with Crippen LogP contribution in [0.3, 0.4) is 0 Å². The molecule has 0 aromatic carbocycles. The molecular formula is C10H18B2O19P4-2. The Morgan fingerprint density at radius 1 is 0.657 bits per heavy atom. The molecule has 0 amide bonds. The number of ether oxygens (including phenoxy) is 2. The summed E-state index contributed by atoms with van der Waals surface area (Å²) in [6.07, 6.45) is -9.66. The first-order chi connectivity index (χ1) is 15.7. The quantitative estimate of drug-likeness (QED) is 0.0924. The molecule has 2 aliphatic heterocycles. The van der Waals surface area contributed by atoms with Crippen molar-refractivity contribution in [1.82, 2.24) is 0 Å². The summed E-state index contributed by atoms with van der Waals surface area (Å²) in [6, 6.07) is -2.81. The Bertz CT molecular complexity index is 863. The standard InChI is InChI=1S/C10H20B2O19P4/c11-9-7(15)5(13)3(27-9)1-25-32(17,18)29-34(21,22)31-35(23,24)30-33(19,20)26-2-4-6(14)8(16)10(12)28-4/h3-10,13-16H,1-2H2,(H,17,18)(H,19,20)(H,21,22)(H,23,24)/p-2/t3-,4-,5+,6?,7?,8?,9-,10-/m1/s1. The van der Waals surface area contributed by atoms with Gasteiger partial charge in [0, 0.05) is 12.0 Å². The van der Waals surface area contributed by atoms with Crippen LogP contribution in [0.1, 0.15) is 0 Å². The second-order valence-electron chi connectivity index (χ2n) is 6.91. The summed E-state index contributed by atoms with van der Waals surface area (Å²) in [6.45, 7) is -2.14. The molecule has 200 valence electrons. The highest BCUT2D eigenvalue weighted by Crippen LogP contribution is 2.68. The predicted octanol–water partition coefficient (Wildman–Crippen LogP) is -4.56. The zero-order valence-electron chi connectivity index (χ0n) is 17.0. The molecule has 0 aromatic heterocycles. The van der Waals surface area contributed by atoms with Crippen LogP contribution in [-0.2, 0) is 49.7 Å². The van der Waals surface area contributed by atoms with Gasteiger partial charge in [-0.1, -0.05) is 0 Å². The molecule has 25 heteroatoms. The van der Waals surface area contributed by atoms with Gasteiger partial charge >= 0.3 is 15.6 Å². The van der Waals surface area contributed by atoms with Crippen molar-refractivity contribution in [3.8, 4) is 0 Å². The van der Waals surface area contributed by atoms with Crippen molar-refractivity contribution in [2.45, 2.75) is 48.6 Å². The lowest BCUT2D eigenvalue weighted by atomic mass is 9.93. The summed E-state index contributed by atoms with van der Waals surface area (Å²) in [7, 11) is -13.6. The van der Waals surface area contributed by atoms with Crippen molar-refractivity contribution in [2.75, 3.05) is 13.2 Å². The van der Waals surface area contributed by atoms with Crippen molar-refractivity contribution in [3.05, 3.63) is 0 Å². The number of aliphatic hydroxyl groups excluding tert-OH is 4.